The van der Waals surface area contributed by atoms with Crippen LogP contribution in [0.4, 0.5) is 0 Å². The van der Waals surface area contributed by atoms with Crippen molar-refractivity contribution in [3.05, 3.63) is 53.5 Å². The second-order valence-corrected chi connectivity index (χ2v) is 12.0. The molecule has 0 radical (unpaired) electrons. The van der Waals surface area contributed by atoms with E-state index in [-0.39, 0.29) is 23.3 Å². The van der Waals surface area contributed by atoms with E-state index in [1.54, 1.807) is 42.7 Å². The van der Waals surface area contributed by atoms with Gasteiger partial charge in [0.25, 0.3) is 0 Å². The zero-order chi connectivity index (χ0) is 23.7. The number of benzene rings is 2. The van der Waals surface area contributed by atoms with Crippen LogP contribution in [0.15, 0.2) is 53.4 Å². The zero-order valence-electron chi connectivity index (χ0n) is 19.2. The number of fused-ring (bicyclic) bond motifs is 1. The van der Waals surface area contributed by atoms with Gasteiger partial charge in [-0.15, -0.1) is 11.3 Å². The number of carbonyl (C=O) groups excluding carboxylic acids is 1. The monoisotopic (exact) mass is 499 g/mol. The number of likely N-dealkylation sites (tertiary alicyclic amines) is 1. The van der Waals surface area contributed by atoms with Crippen molar-refractivity contribution in [2.45, 2.75) is 36.5 Å². The summed E-state index contributed by atoms with van der Waals surface area (Å²) in [6.45, 7) is 2.07. The molecule has 3 heterocycles. The normalized spacial score (nSPS) is 20.5. The van der Waals surface area contributed by atoms with Crippen molar-refractivity contribution in [2.24, 2.45) is 5.92 Å². The molecule has 0 spiro atoms. The number of para-hydroxylation sites is 1. The largest absolute Gasteiger partial charge is 0.497 e. The van der Waals surface area contributed by atoms with Gasteiger partial charge in [0.15, 0.2) is 0 Å². The predicted octanol–water partition coefficient (Wildman–Crippen LogP) is 4.11. The molecule has 0 unspecified atom stereocenters. The van der Waals surface area contributed by atoms with E-state index in [0.717, 1.165) is 29.8 Å². The van der Waals surface area contributed by atoms with Crippen molar-refractivity contribution in [1.29, 1.82) is 0 Å². The highest BCUT2D eigenvalue weighted by atomic mass is 32.2. The quantitative estimate of drug-likeness (QED) is 0.528. The highest BCUT2D eigenvalue weighted by molar-refractivity contribution is 7.89. The number of nitrogens with zero attached hydrogens (tertiary/aromatic N) is 3. The van der Waals surface area contributed by atoms with Crippen LogP contribution in [0.5, 0.6) is 5.75 Å². The minimum atomic E-state index is -3.64. The molecule has 180 valence electrons. The maximum atomic E-state index is 13.3. The van der Waals surface area contributed by atoms with Gasteiger partial charge in [-0.1, -0.05) is 12.1 Å². The van der Waals surface area contributed by atoms with Gasteiger partial charge in [-0.2, -0.15) is 4.31 Å². The van der Waals surface area contributed by atoms with E-state index in [2.05, 4.69) is 6.07 Å². The molecule has 2 saturated heterocycles. The molecule has 0 N–H and O–H groups in total. The molecule has 34 heavy (non-hydrogen) atoms. The van der Waals surface area contributed by atoms with Crippen molar-refractivity contribution in [2.75, 3.05) is 33.3 Å². The molecule has 1 atom stereocenters. The second kappa shape index (κ2) is 9.64. The van der Waals surface area contributed by atoms with Crippen LogP contribution in [0.1, 0.15) is 36.6 Å². The Bertz CT molecular complexity index is 1230. The number of amides is 1. The van der Waals surface area contributed by atoms with Gasteiger partial charge in [-0.3, -0.25) is 4.79 Å². The molecule has 5 rings (SSSR count). The number of thiazole rings is 1. The molecule has 2 aliphatic heterocycles. The summed E-state index contributed by atoms with van der Waals surface area (Å²) in [6, 6.07) is 14.6. The van der Waals surface area contributed by atoms with E-state index in [4.69, 9.17) is 9.72 Å². The van der Waals surface area contributed by atoms with E-state index in [1.807, 2.05) is 23.1 Å². The van der Waals surface area contributed by atoms with Crippen LogP contribution >= 0.6 is 11.3 Å². The van der Waals surface area contributed by atoms with Gasteiger partial charge >= 0.3 is 0 Å². The van der Waals surface area contributed by atoms with Gasteiger partial charge in [-0.25, -0.2) is 13.4 Å². The van der Waals surface area contributed by atoms with Crippen LogP contribution in [0.3, 0.4) is 0 Å². The van der Waals surface area contributed by atoms with Gasteiger partial charge < -0.3 is 9.64 Å². The fourth-order valence-corrected chi connectivity index (χ4v) is 7.59. The molecule has 0 aliphatic carbocycles. The lowest BCUT2D eigenvalue weighted by Gasteiger charge is -2.37. The van der Waals surface area contributed by atoms with Crippen LogP contribution in [0.2, 0.25) is 0 Å². The molecular weight excluding hydrogens is 470 g/mol. The summed E-state index contributed by atoms with van der Waals surface area (Å²) in [5.41, 5.74) is 1.04. The van der Waals surface area contributed by atoms with Crippen molar-refractivity contribution in [3.8, 4) is 5.75 Å². The average molecular weight is 500 g/mol. The Morgan fingerprint density at radius 3 is 2.47 bits per heavy atom. The summed E-state index contributed by atoms with van der Waals surface area (Å²) in [7, 11) is -2.09. The number of methoxy groups -OCH3 is 1. The van der Waals surface area contributed by atoms with Crippen LogP contribution < -0.4 is 4.74 Å². The molecule has 0 saturated carbocycles. The summed E-state index contributed by atoms with van der Waals surface area (Å²) >= 11 is 1.75. The van der Waals surface area contributed by atoms with E-state index >= 15 is 0 Å². The number of sulfonamides is 1. The minimum absolute atomic E-state index is 0.0809. The van der Waals surface area contributed by atoms with E-state index < -0.39 is 10.0 Å². The molecule has 0 bridgehead atoms. The highest BCUT2D eigenvalue weighted by Crippen LogP contribution is 2.35. The maximum absolute atomic E-state index is 13.3. The van der Waals surface area contributed by atoms with Crippen molar-refractivity contribution >= 4 is 37.5 Å². The smallest absolute Gasteiger partial charge is 0.243 e. The third-order valence-electron chi connectivity index (χ3n) is 6.90. The predicted molar refractivity (Wildman–Crippen MR) is 133 cm³/mol. The first-order valence-corrected chi connectivity index (χ1v) is 14.0. The number of hydrogen-bond donors (Lipinski definition) is 0. The molecular formula is C25H29N3O4S2. The van der Waals surface area contributed by atoms with E-state index in [9.17, 15) is 13.2 Å². The molecule has 1 aromatic heterocycles. The van der Waals surface area contributed by atoms with E-state index in [0.29, 0.717) is 37.7 Å². The van der Waals surface area contributed by atoms with Gasteiger partial charge in [0.05, 0.1) is 33.1 Å². The van der Waals surface area contributed by atoms with Gasteiger partial charge in [0, 0.05) is 32.1 Å². The van der Waals surface area contributed by atoms with Crippen LogP contribution in [0.25, 0.3) is 10.2 Å². The summed E-state index contributed by atoms with van der Waals surface area (Å²) < 4.78 is 34.1. The standard InChI is InChI=1S/C25H29N3O4S2/c1-32-20-8-10-21(11-9-20)34(30,31)28-14-4-5-19(17-28)25(29)27-15-12-18(13-16-27)24-26-22-6-2-3-7-23(22)33-24/h2-3,6-11,18-19H,4-5,12-17H2,1H3/t19-/m1/s1. The van der Waals surface area contributed by atoms with Gasteiger partial charge in [-0.05, 0) is 62.1 Å². The summed E-state index contributed by atoms with van der Waals surface area (Å²) in [5.74, 6) is 0.776. The number of hydrogen-bond acceptors (Lipinski definition) is 6. The van der Waals surface area contributed by atoms with Crippen LogP contribution in [-0.4, -0.2) is 61.8 Å². The lowest BCUT2D eigenvalue weighted by atomic mass is 9.93. The molecule has 2 aromatic carbocycles. The molecule has 9 heteroatoms. The Morgan fingerprint density at radius 1 is 1.03 bits per heavy atom. The Hall–Kier alpha value is -2.49. The average Bonchev–Trinajstić information content (AvgIpc) is 3.33. The number of piperidine rings is 2. The first-order valence-electron chi connectivity index (χ1n) is 11.7. The third-order valence-corrected chi connectivity index (χ3v) is 9.98. The number of rotatable bonds is 5. The van der Waals surface area contributed by atoms with Crippen LogP contribution in [0, 0.1) is 5.92 Å². The lowest BCUT2D eigenvalue weighted by molar-refractivity contribution is -0.137. The van der Waals surface area contributed by atoms with Crippen LogP contribution in [-0.2, 0) is 14.8 Å². The Balaban J connectivity index is 1.21. The maximum Gasteiger partial charge on any atom is 0.243 e. The number of carbonyl (C=O) groups is 1. The Kier molecular flexibility index (Phi) is 6.59. The molecule has 7 nitrogen and oxygen atoms in total. The van der Waals surface area contributed by atoms with Crippen molar-refractivity contribution < 1.29 is 17.9 Å². The van der Waals surface area contributed by atoms with Crippen molar-refractivity contribution in [1.82, 2.24) is 14.2 Å². The van der Waals surface area contributed by atoms with Crippen molar-refractivity contribution in [3.63, 3.8) is 0 Å². The summed E-state index contributed by atoms with van der Waals surface area (Å²) in [4.78, 5) is 20.3. The zero-order valence-corrected chi connectivity index (χ0v) is 20.9. The summed E-state index contributed by atoms with van der Waals surface area (Å²) in [6.07, 6.45) is 3.21. The minimum Gasteiger partial charge on any atom is -0.497 e. The summed E-state index contributed by atoms with van der Waals surface area (Å²) in [5, 5.41) is 1.16. The van der Waals surface area contributed by atoms with E-state index in [1.165, 1.54) is 9.01 Å². The highest BCUT2D eigenvalue weighted by Gasteiger charge is 2.36. The van der Waals surface area contributed by atoms with Gasteiger partial charge in [0.1, 0.15) is 5.75 Å². The first-order chi connectivity index (χ1) is 16.5. The lowest BCUT2D eigenvalue weighted by Crippen LogP contribution is -2.48. The second-order valence-electron chi connectivity index (χ2n) is 9.00. The fourth-order valence-electron chi connectivity index (χ4n) is 4.93. The molecule has 2 aliphatic rings. The first kappa shape index (κ1) is 23.3. The third kappa shape index (κ3) is 4.56. The topological polar surface area (TPSA) is 79.8 Å². The Labute approximate surface area is 204 Å². The SMILES string of the molecule is COc1ccc(S(=O)(=O)N2CCC[C@@H](C(=O)N3CCC(c4nc5ccccc5s4)CC3)C2)cc1. The molecule has 2 fully saturated rings. The van der Waals surface area contributed by atoms with Gasteiger partial charge in [0.2, 0.25) is 15.9 Å². The number of aromatic nitrogens is 1. The fraction of sp³-hybridized carbons (Fsp3) is 0.440. The number of ether oxygens (including phenoxy) is 1. The Morgan fingerprint density at radius 2 is 1.76 bits per heavy atom. The molecule has 1 amide bonds. The molecule has 3 aromatic rings.